The number of piperidine rings is 1. The Kier molecular flexibility index (Phi) is 6.98. The maximum Gasteiger partial charge on any atom is 0.252 e. The Hall–Kier alpha value is -1.47. The Morgan fingerprint density at radius 2 is 2.17 bits per heavy atom. The van der Waals surface area contributed by atoms with Crippen LogP contribution in [-0.4, -0.2) is 38.0 Å². The molecule has 1 saturated heterocycles. The topological polar surface area (TPSA) is 70.2 Å². The fourth-order valence-corrected chi connectivity index (χ4v) is 2.93. The van der Waals surface area contributed by atoms with Gasteiger partial charge in [0.05, 0.1) is 5.56 Å². The molecular formula is C16H21BrFN3O2. The molecule has 5 nitrogen and oxygen atoms in total. The molecule has 23 heavy (non-hydrogen) atoms. The summed E-state index contributed by atoms with van der Waals surface area (Å²) in [6, 6.07) is 3.92. The van der Waals surface area contributed by atoms with E-state index in [1.807, 2.05) is 0 Å². The van der Waals surface area contributed by atoms with E-state index in [1.165, 1.54) is 12.1 Å². The standard InChI is InChI=1S/C16H21BrFN3O2/c17-14-4-3-12(18)8-13(14)16(23)20-7-5-15(22)21-10-11-2-1-6-19-9-11/h3-4,8,11,19H,1-2,5-7,9-10H2,(H,20,23)(H,21,22). The van der Waals surface area contributed by atoms with Crippen LogP contribution in [0.1, 0.15) is 29.6 Å². The molecule has 0 radical (unpaired) electrons. The zero-order valence-corrected chi connectivity index (χ0v) is 14.4. The molecule has 1 unspecified atom stereocenters. The lowest BCUT2D eigenvalue weighted by Gasteiger charge is -2.22. The molecule has 1 aromatic carbocycles. The van der Waals surface area contributed by atoms with Gasteiger partial charge in [0.2, 0.25) is 5.91 Å². The van der Waals surface area contributed by atoms with Crippen LogP contribution in [0.15, 0.2) is 22.7 Å². The third kappa shape index (κ3) is 5.91. The van der Waals surface area contributed by atoms with Gasteiger partial charge in [-0.05, 0) is 66.0 Å². The van der Waals surface area contributed by atoms with Crippen molar-refractivity contribution in [3.05, 3.63) is 34.1 Å². The fraction of sp³-hybridized carbons (Fsp3) is 0.500. The molecule has 1 atom stereocenters. The summed E-state index contributed by atoms with van der Waals surface area (Å²) in [7, 11) is 0. The number of nitrogens with one attached hydrogen (secondary N) is 3. The smallest absolute Gasteiger partial charge is 0.252 e. The Labute approximate surface area is 143 Å². The van der Waals surface area contributed by atoms with Gasteiger partial charge < -0.3 is 16.0 Å². The van der Waals surface area contributed by atoms with Crippen molar-refractivity contribution in [2.75, 3.05) is 26.2 Å². The van der Waals surface area contributed by atoms with Crippen LogP contribution in [0.5, 0.6) is 0 Å². The highest BCUT2D eigenvalue weighted by Gasteiger charge is 2.14. The molecule has 0 spiro atoms. The number of benzene rings is 1. The van der Waals surface area contributed by atoms with Crippen molar-refractivity contribution >= 4 is 27.7 Å². The van der Waals surface area contributed by atoms with Crippen LogP contribution < -0.4 is 16.0 Å². The average molecular weight is 386 g/mol. The number of halogens is 2. The second-order valence-electron chi connectivity index (χ2n) is 5.65. The van der Waals surface area contributed by atoms with Crippen molar-refractivity contribution in [3.63, 3.8) is 0 Å². The first-order valence-electron chi connectivity index (χ1n) is 7.77. The third-order valence-electron chi connectivity index (χ3n) is 3.80. The van der Waals surface area contributed by atoms with Gasteiger partial charge in [0.1, 0.15) is 5.82 Å². The molecule has 1 aliphatic heterocycles. The Bertz CT molecular complexity index is 562. The molecule has 1 aromatic rings. The van der Waals surface area contributed by atoms with Gasteiger partial charge in [-0.25, -0.2) is 4.39 Å². The van der Waals surface area contributed by atoms with E-state index < -0.39 is 11.7 Å². The highest BCUT2D eigenvalue weighted by Crippen LogP contribution is 2.17. The number of rotatable bonds is 6. The molecule has 0 aromatic heterocycles. The van der Waals surface area contributed by atoms with Crippen molar-refractivity contribution in [3.8, 4) is 0 Å². The van der Waals surface area contributed by atoms with Gasteiger partial charge in [-0.1, -0.05) is 0 Å². The molecule has 2 rings (SSSR count). The second kappa shape index (κ2) is 8.98. The summed E-state index contributed by atoms with van der Waals surface area (Å²) in [6.45, 7) is 2.86. The van der Waals surface area contributed by atoms with E-state index in [4.69, 9.17) is 0 Å². The summed E-state index contributed by atoms with van der Waals surface area (Å²) in [5.41, 5.74) is 0.221. The summed E-state index contributed by atoms with van der Waals surface area (Å²) in [6.07, 6.45) is 2.47. The lowest BCUT2D eigenvalue weighted by atomic mass is 10.00. The van der Waals surface area contributed by atoms with Crippen molar-refractivity contribution in [1.29, 1.82) is 0 Å². The van der Waals surface area contributed by atoms with Crippen LogP contribution in [-0.2, 0) is 4.79 Å². The first-order valence-corrected chi connectivity index (χ1v) is 8.56. The summed E-state index contributed by atoms with van der Waals surface area (Å²) in [5, 5.41) is 8.82. The number of amides is 2. The molecule has 7 heteroatoms. The van der Waals surface area contributed by atoms with E-state index in [0.29, 0.717) is 16.9 Å². The zero-order valence-electron chi connectivity index (χ0n) is 12.8. The molecule has 0 saturated carbocycles. The highest BCUT2D eigenvalue weighted by molar-refractivity contribution is 9.10. The van der Waals surface area contributed by atoms with E-state index >= 15 is 0 Å². The van der Waals surface area contributed by atoms with Crippen molar-refractivity contribution in [2.24, 2.45) is 5.92 Å². The normalized spacial score (nSPS) is 17.6. The number of carbonyl (C=O) groups excluding carboxylic acids is 2. The lowest BCUT2D eigenvalue weighted by molar-refractivity contribution is -0.121. The highest BCUT2D eigenvalue weighted by atomic mass is 79.9. The number of hydrogen-bond donors (Lipinski definition) is 3. The monoisotopic (exact) mass is 385 g/mol. The summed E-state index contributed by atoms with van der Waals surface area (Å²) in [5.74, 6) is -0.488. The minimum Gasteiger partial charge on any atom is -0.356 e. The molecule has 2 amide bonds. The SMILES string of the molecule is O=C(CCNC(=O)c1cc(F)ccc1Br)NCC1CCCNC1. The maximum atomic E-state index is 13.2. The van der Waals surface area contributed by atoms with Gasteiger partial charge >= 0.3 is 0 Å². The summed E-state index contributed by atoms with van der Waals surface area (Å²) < 4.78 is 13.7. The van der Waals surface area contributed by atoms with Crippen molar-refractivity contribution < 1.29 is 14.0 Å². The fourth-order valence-electron chi connectivity index (χ4n) is 2.50. The van der Waals surface area contributed by atoms with Gasteiger partial charge in [-0.3, -0.25) is 9.59 Å². The van der Waals surface area contributed by atoms with Gasteiger partial charge in [-0.15, -0.1) is 0 Å². The molecule has 1 fully saturated rings. The van der Waals surface area contributed by atoms with Crippen LogP contribution in [0.4, 0.5) is 4.39 Å². The third-order valence-corrected chi connectivity index (χ3v) is 4.49. The summed E-state index contributed by atoms with van der Waals surface area (Å²) >= 11 is 3.21. The maximum absolute atomic E-state index is 13.2. The first kappa shape index (κ1) is 17.9. The molecule has 0 aliphatic carbocycles. The average Bonchev–Trinajstić information content (AvgIpc) is 2.56. The zero-order chi connectivity index (χ0) is 16.7. The second-order valence-corrected chi connectivity index (χ2v) is 6.50. The van der Waals surface area contributed by atoms with Gasteiger partial charge in [0, 0.05) is 24.0 Å². The largest absolute Gasteiger partial charge is 0.356 e. The molecular weight excluding hydrogens is 365 g/mol. The molecule has 0 bridgehead atoms. The Morgan fingerprint density at radius 1 is 1.35 bits per heavy atom. The predicted octanol–water partition coefficient (Wildman–Crippen LogP) is 1.82. The minimum absolute atomic E-state index is 0.0887. The molecule has 1 heterocycles. The van der Waals surface area contributed by atoms with E-state index in [2.05, 4.69) is 31.9 Å². The molecule has 3 N–H and O–H groups in total. The first-order chi connectivity index (χ1) is 11.1. The van der Waals surface area contributed by atoms with Crippen molar-refractivity contribution in [1.82, 2.24) is 16.0 Å². The van der Waals surface area contributed by atoms with Crippen LogP contribution >= 0.6 is 15.9 Å². The van der Waals surface area contributed by atoms with Crippen LogP contribution in [0.25, 0.3) is 0 Å². The number of hydrogen-bond acceptors (Lipinski definition) is 3. The molecule has 1 aliphatic rings. The molecule has 126 valence electrons. The predicted molar refractivity (Wildman–Crippen MR) is 89.7 cm³/mol. The quantitative estimate of drug-likeness (QED) is 0.699. The van der Waals surface area contributed by atoms with Crippen LogP contribution in [0.3, 0.4) is 0 Å². The van der Waals surface area contributed by atoms with Gasteiger partial charge in [-0.2, -0.15) is 0 Å². The van der Waals surface area contributed by atoms with E-state index in [1.54, 1.807) is 0 Å². The Morgan fingerprint density at radius 3 is 2.91 bits per heavy atom. The van der Waals surface area contributed by atoms with E-state index in [9.17, 15) is 14.0 Å². The van der Waals surface area contributed by atoms with E-state index in [0.717, 1.165) is 32.0 Å². The van der Waals surface area contributed by atoms with Crippen LogP contribution in [0.2, 0.25) is 0 Å². The van der Waals surface area contributed by atoms with Gasteiger partial charge in [0.25, 0.3) is 5.91 Å². The van der Waals surface area contributed by atoms with E-state index in [-0.39, 0.29) is 24.4 Å². The minimum atomic E-state index is -0.475. The van der Waals surface area contributed by atoms with Crippen molar-refractivity contribution in [2.45, 2.75) is 19.3 Å². The Balaban J connectivity index is 1.68. The summed E-state index contributed by atoms with van der Waals surface area (Å²) in [4.78, 5) is 23.7. The van der Waals surface area contributed by atoms with Gasteiger partial charge in [0.15, 0.2) is 0 Å². The number of carbonyl (C=O) groups is 2. The lowest BCUT2D eigenvalue weighted by Crippen LogP contribution is -2.39. The van der Waals surface area contributed by atoms with Crippen LogP contribution in [0, 0.1) is 11.7 Å².